The fourth-order valence-electron chi connectivity index (χ4n) is 11.2. The Morgan fingerprint density at radius 1 is 0.343 bits per heavy atom. The Morgan fingerprint density at radius 2 is 0.857 bits per heavy atom. The SMILES string of the molecule is CC(C)(C)c1cccc(N2c3ccccc3C3(c4ccccc4-c4ccccc43)c3ccc(Oc4cccc(N5CN(c6cc(C(C)(C)C)cc(C(C)(C)C)c6)c6ccc(C(C)(C)C)cc65)c4)cc32)c1. The van der Waals surface area contributed by atoms with Gasteiger partial charge in [-0.15, -0.1) is 0 Å². The van der Waals surface area contributed by atoms with E-state index in [-0.39, 0.29) is 21.7 Å². The van der Waals surface area contributed by atoms with Crippen LogP contribution < -0.4 is 19.4 Å². The predicted molar refractivity (Wildman–Crippen MR) is 295 cm³/mol. The molecule has 0 saturated heterocycles. The molecular weight excluding hydrogens is 851 g/mol. The normalized spacial score (nSPS) is 14.8. The minimum atomic E-state index is -0.531. The Labute approximate surface area is 417 Å². The number of ether oxygens (including phenoxy) is 1. The van der Waals surface area contributed by atoms with Crippen molar-refractivity contribution in [2.24, 2.45) is 0 Å². The van der Waals surface area contributed by atoms with Gasteiger partial charge >= 0.3 is 0 Å². The zero-order valence-corrected chi connectivity index (χ0v) is 43.2. The molecule has 0 amide bonds. The van der Waals surface area contributed by atoms with Gasteiger partial charge in [0.05, 0.1) is 28.2 Å². The van der Waals surface area contributed by atoms with Crippen LogP contribution in [0, 0.1) is 0 Å². The fourth-order valence-corrected chi connectivity index (χ4v) is 11.2. The maximum atomic E-state index is 7.10. The summed E-state index contributed by atoms with van der Waals surface area (Å²) in [6, 6.07) is 65.9. The van der Waals surface area contributed by atoms with E-state index in [4.69, 9.17) is 4.74 Å². The molecule has 11 rings (SSSR count). The number of benzene rings is 8. The molecule has 0 unspecified atom stereocenters. The second-order valence-electron chi connectivity index (χ2n) is 24.0. The molecule has 0 radical (unpaired) electrons. The standard InChI is InChI=1S/C66H67N3O/c1-62(2,3)43-21-19-23-48(36-43)69-58-30-18-17-29-56(58)66(54-27-15-13-25-52(54)53-26-14-16-28-55(53)66)57-33-32-51(41-60(57)69)70-50-24-20-22-47(40-50)67-42-68(59-34-31-44(39-61(59)67)63(4,5)6)49-37-45(64(7,8)9)35-46(38-49)65(10,11)12/h13-41H,42H2,1-12H3. The predicted octanol–water partition coefficient (Wildman–Crippen LogP) is 18.1. The fraction of sp³-hybridized carbons (Fsp3) is 0.273. The Bertz CT molecular complexity index is 3270. The Morgan fingerprint density at radius 3 is 1.50 bits per heavy atom. The van der Waals surface area contributed by atoms with Gasteiger partial charge in [-0.1, -0.05) is 186 Å². The molecule has 8 aromatic rings. The summed E-state index contributed by atoms with van der Waals surface area (Å²) in [7, 11) is 0. The summed E-state index contributed by atoms with van der Waals surface area (Å²) in [6.45, 7) is 28.4. The highest BCUT2D eigenvalue weighted by Crippen LogP contribution is 2.64. The average molecular weight is 918 g/mol. The third-order valence-corrected chi connectivity index (χ3v) is 15.1. The van der Waals surface area contributed by atoms with Gasteiger partial charge in [0.15, 0.2) is 0 Å². The number of hydrogen-bond donors (Lipinski definition) is 0. The number of anilines is 7. The van der Waals surface area contributed by atoms with Gasteiger partial charge < -0.3 is 19.4 Å². The molecule has 1 spiro atoms. The molecule has 2 aliphatic heterocycles. The van der Waals surface area contributed by atoms with Crippen molar-refractivity contribution < 1.29 is 4.74 Å². The smallest absolute Gasteiger partial charge is 0.129 e. The van der Waals surface area contributed by atoms with E-state index >= 15 is 0 Å². The zero-order valence-electron chi connectivity index (χ0n) is 43.2. The van der Waals surface area contributed by atoms with E-state index in [0.29, 0.717) is 6.67 Å². The van der Waals surface area contributed by atoms with E-state index in [9.17, 15) is 0 Å². The van der Waals surface area contributed by atoms with Crippen LogP contribution in [0.1, 0.15) is 128 Å². The molecule has 4 nitrogen and oxygen atoms in total. The van der Waals surface area contributed by atoms with Gasteiger partial charge in [0.25, 0.3) is 0 Å². The van der Waals surface area contributed by atoms with Crippen molar-refractivity contribution in [1.82, 2.24) is 0 Å². The van der Waals surface area contributed by atoms with Crippen molar-refractivity contribution in [3.63, 3.8) is 0 Å². The van der Waals surface area contributed by atoms with Crippen LogP contribution >= 0.6 is 0 Å². The van der Waals surface area contributed by atoms with Crippen molar-refractivity contribution >= 4 is 39.8 Å². The second-order valence-corrected chi connectivity index (χ2v) is 24.0. The quantitative estimate of drug-likeness (QED) is 0.171. The van der Waals surface area contributed by atoms with Crippen LogP contribution in [-0.2, 0) is 27.1 Å². The van der Waals surface area contributed by atoms with Crippen molar-refractivity contribution in [2.75, 3.05) is 21.4 Å². The van der Waals surface area contributed by atoms with E-state index in [0.717, 1.165) is 28.6 Å². The largest absolute Gasteiger partial charge is 0.457 e. The highest BCUT2D eigenvalue weighted by molar-refractivity contribution is 5.96. The average Bonchev–Trinajstić information content (AvgIpc) is 3.85. The van der Waals surface area contributed by atoms with Gasteiger partial charge in [0.1, 0.15) is 18.2 Å². The Hall–Kier alpha value is -7.04. The lowest BCUT2D eigenvalue weighted by molar-refractivity contribution is 0.482. The molecule has 8 aromatic carbocycles. The van der Waals surface area contributed by atoms with Gasteiger partial charge in [0, 0.05) is 29.2 Å². The molecule has 0 atom stereocenters. The summed E-state index contributed by atoms with van der Waals surface area (Å²) in [4.78, 5) is 7.43. The summed E-state index contributed by atoms with van der Waals surface area (Å²) < 4.78 is 7.10. The molecule has 3 aliphatic rings. The van der Waals surface area contributed by atoms with Crippen molar-refractivity contribution in [1.29, 1.82) is 0 Å². The van der Waals surface area contributed by atoms with Crippen LogP contribution in [0.2, 0.25) is 0 Å². The van der Waals surface area contributed by atoms with Crippen LogP contribution in [0.25, 0.3) is 11.1 Å². The van der Waals surface area contributed by atoms with E-state index in [2.05, 4.69) is 274 Å². The minimum absolute atomic E-state index is 0.000238. The minimum Gasteiger partial charge on any atom is -0.457 e. The topological polar surface area (TPSA) is 19.0 Å². The molecule has 4 heteroatoms. The molecule has 0 N–H and O–H groups in total. The molecule has 0 fully saturated rings. The van der Waals surface area contributed by atoms with Crippen molar-refractivity contribution in [3.8, 4) is 22.6 Å². The number of para-hydroxylation sites is 1. The highest BCUT2D eigenvalue weighted by Gasteiger charge is 2.51. The number of fused-ring (bicyclic) bond motifs is 10. The monoisotopic (exact) mass is 918 g/mol. The summed E-state index contributed by atoms with van der Waals surface area (Å²) >= 11 is 0. The first-order valence-electron chi connectivity index (χ1n) is 25.2. The van der Waals surface area contributed by atoms with Crippen LogP contribution in [0.15, 0.2) is 176 Å². The molecule has 0 bridgehead atoms. The molecule has 0 aromatic heterocycles. The summed E-state index contributed by atoms with van der Waals surface area (Å²) in [5, 5.41) is 0. The first-order valence-corrected chi connectivity index (χ1v) is 25.2. The third kappa shape index (κ3) is 7.41. The van der Waals surface area contributed by atoms with Crippen LogP contribution in [0.3, 0.4) is 0 Å². The lowest BCUT2D eigenvalue weighted by Gasteiger charge is -2.45. The maximum Gasteiger partial charge on any atom is 0.129 e. The van der Waals surface area contributed by atoms with Crippen molar-refractivity contribution in [3.05, 3.63) is 220 Å². The van der Waals surface area contributed by atoms with Gasteiger partial charge in [-0.2, -0.15) is 0 Å². The van der Waals surface area contributed by atoms with Gasteiger partial charge in [-0.25, -0.2) is 0 Å². The van der Waals surface area contributed by atoms with Crippen LogP contribution in [0.5, 0.6) is 11.5 Å². The summed E-state index contributed by atoms with van der Waals surface area (Å²) in [6.07, 6.45) is 0. The van der Waals surface area contributed by atoms with Gasteiger partial charge in [0.2, 0.25) is 0 Å². The maximum absolute atomic E-state index is 7.10. The molecule has 70 heavy (non-hydrogen) atoms. The Kier molecular flexibility index (Phi) is 10.4. The Balaban J connectivity index is 1.04. The van der Waals surface area contributed by atoms with E-state index < -0.39 is 5.41 Å². The van der Waals surface area contributed by atoms with Gasteiger partial charge in [-0.05, 0) is 138 Å². The third-order valence-electron chi connectivity index (χ3n) is 15.1. The summed E-state index contributed by atoms with van der Waals surface area (Å²) in [5.41, 5.74) is 20.5. The first kappa shape index (κ1) is 45.4. The van der Waals surface area contributed by atoms with Gasteiger partial charge in [-0.3, -0.25) is 0 Å². The number of rotatable bonds is 5. The summed E-state index contributed by atoms with van der Waals surface area (Å²) in [5.74, 6) is 1.58. The van der Waals surface area contributed by atoms with E-state index in [1.807, 2.05) is 0 Å². The zero-order chi connectivity index (χ0) is 49.1. The lowest BCUT2D eigenvalue weighted by atomic mass is 9.64. The number of nitrogens with zero attached hydrogens (tertiary/aromatic N) is 3. The van der Waals surface area contributed by atoms with E-state index in [1.54, 1.807) is 0 Å². The molecule has 352 valence electrons. The van der Waals surface area contributed by atoms with Crippen LogP contribution in [-0.4, -0.2) is 6.67 Å². The molecular formula is C66H67N3O. The first-order chi connectivity index (χ1) is 33.2. The highest BCUT2D eigenvalue weighted by atomic mass is 16.5. The molecule has 0 saturated carbocycles. The number of hydrogen-bond acceptors (Lipinski definition) is 4. The lowest BCUT2D eigenvalue weighted by Crippen LogP contribution is -2.36. The molecule has 1 aliphatic carbocycles. The van der Waals surface area contributed by atoms with E-state index in [1.165, 1.54) is 78.4 Å². The van der Waals surface area contributed by atoms with Crippen LogP contribution in [0.4, 0.5) is 39.8 Å². The molecule has 2 heterocycles. The second kappa shape index (κ2) is 16.0. The van der Waals surface area contributed by atoms with Crippen molar-refractivity contribution in [2.45, 2.75) is 110 Å².